The van der Waals surface area contributed by atoms with Crippen molar-refractivity contribution in [3.8, 4) is 0 Å². The third-order valence-electron chi connectivity index (χ3n) is 14.5. The van der Waals surface area contributed by atoms with Gasteiger partial charge in [-0.25, -0.2) is 0 Å². The Morgan fingerprint density at radius 2 is 0.372 bits per heavy atom. The van der Waals surface area contributed by atoms with Gasteiger partial charge in [0.15, 0.2) is 44.0 Å². The van der Waals surface area contributed by atoms with Crippen LogP contribution < -0.4 is 0 Å². The Kier molecular flexibility index (Phi) is 22.6. The molecule has 0 amide bonds. The van der Waals surface area contributed by atoms with Gasteiger partial charge < -0.3 is 179 Å². The number of rotatable bonds is 19. The summed E-state index contributed by atoms with van der Waals surface area (Å²) in [6.07, 6.45) is -70.1. The molecule has 0 radical (unpaired) electrons. The largest absolute Gasteiger partial charge is 0.394 e. The Hall–Kier alpha value is -1.44. The summed E-state index contributed by atoms with van der Waals surface area (Å²) < 4.78 is 72.0. The molecule has 36 nitrogen and oxygen atoms in total. The van der Waals surface area contributed by atoms with Crippen LogP contribution in [0.4, 0.5) is 0 Å². The summed E-state index contributed by atoms with van der Waals surface area (Å²) >= 11 is 0. The molecule has 0 saturated carbocycles. The molecule has 0 aliphatic carbocycles. The number of aliphatic hydroxyl groups excluding tert-OH is 23. The molecule has 78 heavy (non-hydrogen) atoms. The highest BCUT2D eigenvalue weighted by Crippen LogP contribution is 2.38. The van der Waals surface area contributed by atoms with E-state index in [2.05, 4.69) is 0 Å². The van der Waals surface area contributed by atoms with Gasteiger partial charge in [-0.1, -0.05) is 0 Å². The van der Waals surface area contributed by atoms with E-state index >= 15 is 0 Å². The maximum Gasteiger partial charge on any atom is 0.187 e. The lowest BCUT2D eigenvalue weighted by molar-refractivity contribution is -0.400. The second kappa shape index (κ2) is 27.5. The Bertz CT molecular complexity index is 1820. The Balaban J connectivity index is 1.06. The summed E-state index contributed by atoms with van der Waals surface area (Å²) in [5.41, 5.74) is 0. The molecule has 0 bridgehead atoms. The Labute approximate surface area is 439 Å². The summed E-state index contributed by atoms with van der Waals surface area (Å²) in [4.78, 5) is 0. The van der Waals surface area contributed by atoms with Crippen molar-refractivity contribution < 1.29 is 179 Å². The van der Waals surface area contributed by atoms with Crippen LogP contribution in [0.15, 0.2) is 0 Å². The van der Waals surface area contributed by atoms with Gasteiger partial charge in [-0.2, -0.15) is 0 Å². The average Bonchev–Trinajstić information content (AvgIpc) is 3.48. The minimum atomic E-state index is -2.33. The second-order valence-corrected chi connectivity index (χ2v) is 19.6. The normalized spacial score (nSPS) is 53.5. The first-order chi connectivity index (χ1) is 37.0. The maximum atomic E-state index is 11.7. The van der Waals surface area contributed by atoms with E-state index in [1.165, 1.54) is 0 Å². The van der Waals surface area contributed by atoms with Crippen LogP contribution in [0, 0.1) is 0 Å². The summed E-state index contributed by atoms with van der Waals surface area (Å²) in [6.45, 7) is -7.04. The lowest BCUT2D eigenvalue weighted by Crippen LogP contribution is -2.69. The fraction of sp³-hybridized carbons (Fsp3) is 1.00. The van der Waals surface area contributed by atoms with Gasteiger partial charge >= 0.3 is 0 Å². The zero-order valence-corrected chi connectivity index (χ0v) is 40.8. The van der Waals surface area contributed by atoms with E-state index in [0.29, 0.717) is 0 Å². The smallest absolute Gasteiger partial charge is 0.187 e. The molecule has 7 rings (SSSR count). The third kappa shape index (κ3) is 12.9. The molecule has 0 aromatic carbocycles. The van der Waals surface area contributed by atoms with Crippen LogP contribution in [-0.2, 0) is 61.6 Å². The average molecular weight is 1150 g/mol. The molecule has 0 aromatic heterocycles. The van der Waals surface area contributed by atoms with Crippen LogP contribution in [0.25, 0.3) is 0 Å². The quantitative estimate of drug-likeness (QED) is 0.0571. The monoisotopic (exact) mass is 1150 g/mol. The van der Waals surface area contributed by atoms with Crippen molar-refractivity contribution in [1.29, 1.82) is 0 Å². The number of hydrogen-bond donors (Lipinski definition) is 23. The molecular weight excluding hydrogens is 1080 g/mol. The molecule has 7 aliphatic heterocycles. The molecule has 0 aromatic rings. The molecule has 7 heterocycles. The molecule has 0 spiro atoms. The minimum Gasteiger partial charge on any atom is -0.394 e. The number of hydrogen-bond acceptors (Lipinski definition) is 36. The third-order valence-corrected chi connectivity index (χ3v) is 14.5. The van der Waals surface area contributed by atoms with E-state index in [1.807, 2.05) is 0 Å². The fourth-order valence-corrected chi connectivity index (χ4v) is 9.97. The molecule has 36 heteroatoms. The second-order valence-electron chi connectivity index (χ2n) is 19.6. The van der Waals surface area contributed by atoms with Crippen LogP contribution in [0.2, 0.25) is 0 Å². The van der Waals surface area contributed by atoms with E-state index in [9.17, 15) is 117 Å². The molecule has 456 valence electrons. The Morgan fingerprint density at radius 1 is 0.192 bits per heavy atom. The van der Waals surface area contributed by atoms with Gasteiger partial charge in [0.2, 0.25) is 0 Å². The number of aliphatic hydroxyl groups is 23. The molecule has 35 atom stereocenters. The molecule has 7 saturated heterocycles. The highest BCUT2D eigenvalue weighted by Gasteiger charge is 2.59. The van der Waals surface area contributed by atoms with E-state index in [0.717, 1.165) is 0 Å². The van der Waals surface area contributed by atoms with Crippen LogP contribution in [0.1, 0.15) is 0 Å². The van der Waals surface area contributed by atoms with E-state index in [1.54, 1.807) is 0 Å². The fourth-order valence-electron chi connectivity index (χ4n) is 9.97. The van der Waals surface area contributed by atoms with Crippen molar-refractivity contribution in [3.63, 3.8) is 0 Å². The van der Waals surface area contributed by atoms with Crippen molar-refractivity contribution >= 4 is 0 Å². The van der Waals surface area contributed by atoms with Gasteiger partial charge in [-0.15, -0.1) is 0 Å². The zero-order chi connectivity index (χ0) is 57.3. The summed E-state index contributed by atoms with van der Waals surface area (Å²) in [6, 6.07) is 0. The van der Waals surface area contributed by atoms with Gasteiger partial charge in [-0.3, -0.25) is 0 Å². The van der Waals surface area contributed by atoms with Gasteiger partial charge in [0.1, 0.15) is 171 Å². The highest BCUT2D eigenvalue weighted by atomic mass is 16.8. The Morgan fingerprint density at radius 3 is 0.590 bits per heavy atom. The first-order valence-electron chi connectivity index (χ1n) is 24.7. The minimum absolute atomic E-state index is 0.880. The van der Waals surface area contributed by atoms with E-state index < -0.39 is 261 Å². The summed E-state index contributed by atoms with van der Waals surface area (Å²) in [7, 11) is 0. The zero-order valence-electron chi connectivity index (χ0n) is 40.8. The highest BCUT2D eigenvalue weighted by molar-refractivity contribution is 5.01. The summed E-state index contributed by atoms with van der Waals surface area (Å²) in [5.74, 6) is 0. The van der Waals surface area contributed by atoms with E-state index in [-0.39, 0.29) is 0 Å². The molecular formula is C42H72O36. The lowest BCUT2D eigenvalue weighted by atomic mass is 9.95. The van der Waals surface area contributed by atoms with Gasteiger partial charge in [0.25, 0.3) is 0 Å². The number of ether oxygens (including phenoxy) is 13. The predicted molar refractivity (Wildman–Crippen MR) is 232 cm³/mol. The maximum absolute atomic E-state index is 11.7. The van der Waals surface area contributed by atoms with Crippen molar-refractivity contribution in [1.82, 2.24) is 0 Å². The van der Waals surface area contributed by atoms with Crippen LogP contribution in [-0.4, -0.2) is 379 Å². The van der Waals surface area contributed by atoms with Crippen LogP contribution in [0.3, 0.4) is 0 Å². The first-order valence-corrected chi connectivity index (χ1v) is 24.7. The topological polar surface area (TPSA) is 585 Å². The SMILES string of the molecule is OCC1O[C@@H](O[C@H]2C(O)[C@@H](O[C@H]3C(O)[C@@H](O[C@H]4C(O)[C@@H](O[C@H]5C(O)[C@@H](O[C@H]6C(O)[C@@H](O[C@H]7C(O)[C@@H](O)OC(CO)[C@@H]7O)OC(CO)[C@@H]6O)OC(CO)[C@@H]5O)OC(CO)[C@@H]4O)OC(CO)[C@@H]3O)OC(CO)[C@@H]2O)C(O)[C@H](O)[C@@H]1O. The molecule has 14 unspecified atom stereocenters. The summed E-state index contributed by atoms with van der Waals surface area (Å²) in [5, 5.41) is 246. The van der Waals surface area contributed by atoms with Crippen molar-refractivity contribution in [3.05, 3.63) is 0 Å². The van der Waals surface area contributed by atoms with Gasteiger partial charge in [0, 0.05) is 0 Å². The standard InChI is InChI=1S/C42H72O36/c43-1-8-15(50)22(57)23(58)37(67-8)74-31-17(52)10(3-45)69-39(25(31)60)76-33-19(54)12(5-47)71-41(27(33)62)78-35-21(56)14(7-49)72-42(29(35)64)77-34-20(55)13(6-48)70-40(28(34)63)75-32-18(53)11(4-46)68-38(26(32)61)73-30-16(51)9(2-44)66-36(65)24(30)59/h8-65H,1-7H2/t8?,9?,10?,11?,12?,13?,14?,15-,16+,17+,18+,19+,20+,21+,22-,23?,24?,25?,26?,27?,28?,29?,30-,31-,32-,33-,34-,35-,36+,37+,38-,39-,40-,41-,42-/m1/s1. The van der Waals surface area contributed by atoms with E-state index in [4.69, 9.17) is 61.6 Å². The lowest BCUT2D eigenvalue weighted by Gasteiger charge is -2.50. The molecule has 7 aliphatic rings. The van der Waals surface area contributed by atoms with Crippen molar-refractivity contribution in [2.45, 2.75) is 215 Å². The molecule has 7 fully saturated rings. The van der Waals surface area contributed by atoms with Crippen molar-refractivity contribution in [2.75, 3.05) is 46.2 Å². The molecule has 23 N–H and O–H groups in total. The van der Waals surface area contributed by atoms with Crippen LogP contribution in [0.5, 0.6) is 0 Å². The van der Waals surface area contributed by atoms with Gasteiger partial charge in [-0.05, 0) is 0 Å². The van der Waals surface area contributed by atoms with Gasteiger partial charge in [0.05, 0.1) is 46.2 Å². The van der Waals surface area contributed by atoms with Crippen LogP contribution >= 0.6 is 0 Å². The predicted octanol–water partition coefficient (Wildman–Crippen LogP) is -16.3. The first kappa shape index (κ1) is 64.1. The van der Waals surface area contributed by atoms with Crippen molar-refractivity contribution in [2.24, 2.45) is 0 Å².